The zero-order valence-corrected chi connectivity index (χ0v) is 14.4. The number of ether oxygens (including phenoxy) is 1. The predicted molar refractivity (Wildman–Crippen MR) is 90.7 cm³/mol. The van der Waals surface area contributed by atoms with E-state index < -0.39 is 0 Å². The van der Waals surface area contributed by atoms with Gasteiger partial charge in [-0.15, -0.1) is 0 Å². The summed E-state index contributed by atoms with van der Waals surface area (Å²) < 4.78 is 5.16. The quantitative estimate of drug-likeness (QED) is 0.387. The molecule has 0 aliphatic heterocycles. The molecule has 0 radical (unpaired) electrons. The molecule has 0 spiro atoms. The van der Waals surface area contributed by atoms with E-state index in [0.717, 1.165) is 19.4 Å². The van der Waals surface area contributed by atoms with E-state index in [4.69, 9.17) is 4.74 Å². The van der Waals surface area contributed by atoms with Gasteiger partial charge >= 0.3 is 6.09 Å². The van der Waals surface area contributed by atoms with Crippen molar-refractivity contribution in [3.63, 3.8) is 0 Å². The summed E-state index contributed by atoms with van der Waals surface area (Å²) in [5, 5.41) is 2.82. The first-order valence-corrected chi connectivity index (χ1v) is 9.21. The number of carbonyl (C=O) groups excluding carboxylic acids is 1. The van der Waals surface area contributed by atoms with E-state index in [2.05, 4.69) is 19.2 Å². The minimum absolute atomic E-state index is 0.242. The van der Waals surface area contributed by atoms with Gasteiger partial charge in [-0.3, -0.25) is 0 Å². The molecule has 3 heteroatoms. The van der Waals surface area contributed by atoms with Gasteiger partial charge in [0, 0.05) is 6.54 Å². The molecule has 21 heavy (non-hydrogen) atoms. The lowest BCUT2D eigenvalue weighted by atomic mass is 10.1. The number of hydrogen-bond donors (Lipinski definition) is 1. The number of hydrogen-bond acceptors (Lipinski definition) is 2. The fourth-order valence-electron chi connectivity index (χ4n) is 2.37. The van der Waals surface area contributed by atoms with Crippen LogP contribution in [0.25, 0.3) is 0 Å². The first kappa shape index (κ1) is 20.3. The summed E-state index contributed by atoms with van der Waals surface area (Å²) in [5.41, 5.74) is 0. The summed E-state index contributed by atoms with van der Waals surface area (Å²) in [6.07, 6.45) is 16.0. The molecule has 0 atom stereocenters. The van der Waals surface area contributed by atoms with Crippen LogP contribution in [0, 0.1) is 0 Å². The summed E-state index contributed by atoms with van der Waals surface area (Å²) in [6.45, 7) is 5.77. The highest BCUT2D eigenvalue weighted by atomic mass is 16.5. The fraction of sp³-hybridized carbons (Fsp3) is 0.944. The smallest absolute Gasteiger partial charge is 0.407 e. The van der Waals surface area contributed by atoms with Gasteiger partial charge in [0.15, 0.2) is 0 Å². The SMILES string of the molecule is CCCCCCCCCCOC(=O)NCCCCCCC. The predicted octanol–water partition coefficient (Wildman–Crippen LogP) is 5.82. The molecule has 0 aromatic rings. The van der Waals surface area contributed by atoms with Crippen molar-refractivity contribution in [1.82, 2.24) is 5.32 Å². The van der Waals surface area contributed by atoms with Crippen LogP contribution in [0.5, 0.6) is 0 Å². The lowest BCUT2D eigenvalue weighted by Gasteiger charge is -2.07. The van der Waals surface area contributed by atoms with E-state index in [-0.39, 0.29) is 6.09 Å². The number of amides is 1. The molecule has 0 rings (SSSR count). The first-order chi connectivity index (χ1) is 10.3. The second-order valence-corrected chi connectivity index (χ2v) is 5.95. The van der Waals surface area contributed by atoms with E-state index >= 15 is 0 Å². The Kier molecular flexibility index (Phi) is 16.7. The fourth-order valence-corrected chi connectivity index (χ4v) is 2.37. The van der Waals surface area contributed by atoms with Gasteiger partial charge in [-0.05, 0) is 12.8 Å². The Labute approximate surface area is 132 Å². The van der Waals surface area contributed by atoms with E-state index in [1.54, 1.807) is 0 Å². The topological polar surface area (TPSA) is 38.3 Å². The zero-order chi connectivity index (χ0) is 15.6. The van der Waals surface area contributed by atoms with Crippen molar-refractivity contribution in [2.24, 2.45) is 0 Å². The second kappa shape index (κ2) is 17.3. The summed E-state index contributed by atoms with van der Waals surface area (Å²) in [7, 11) is 0. The molecule has 0 heterocycles. The Balaban J connectivity index is 3.12. The van der Waals surface area contributed by atoms with Gasteiger partial charge in [0.1, 0.15) is 0 Å². The Hall–Kier alpha value is -0.730. The number of unbranched alkanes of at least 4 members (excludes halogenated alkanes) is 11. The molecule has 1 amide bonds. The number of carbonyl (C=O) groups is 1. The largest absolute Gasteiger partial charge is 0.450 e. The van der Waals surface area contributed by atoms with Crippen molar-refractivity contribution in [1.29, 1.82) is 0 Å². The number of alkyl carbamates (subject to hydrolysis) is 1. The number of nitrogens with one attached hydrogen (secondary N) is 1. The van der Waals surface area contributed by atoms with Crippen molar-refractivity contribution in [2.75, 3.05) is 13.2 Å². The molecule has 0 aliphatic carbocycles. The van der Waals surface area contributed by atoms with Gasteiger partial charge in [0.05, 0.1) is 6.61 Å². The van der Waals surface area contributed by atoms with Crippen LogP contribution in [0.4, 0.5) is 4.79 Å². The Morgan fingerprint density at radius 1 is 0.714 bits per heavy atom. The van der Waals surface area contributed by atoms with E-state index in [1.165, 1.54) is 70.6 Å². The molecule has 3 nitrogen and oxygen atoms in total. The molecule has 0 saturated carbocycles. The number of rotatable bonds is 15. The highest BCUT2D eigenvalue weighted by Gasteiger charge is 2.00. The van der Waals surface area contributed by atoms with E-state index in [9.17, 15) is 4.79 Å². The minimum Gasteiger partial charge on any atom is -0.450 e. The molecule has 0 aromatic heterocycles. The molecule has 1 N–H and O–H groups in total. The summed E-state index contributed by atoms with van der Waals surface area (Å²) in [5.74, 6) is 0. The first-order valence-electron chi connectivity index (χ1n) is 9.21. The summed E-state index contributed by atoms with van der Waals surface area (Å²) in [6, 6.07) is 0. The molecule has 0 fully saturated rings. The molecule has 0 aromatic carbocycles. The van der Waals surface area contributed by atoms with Crippen LogP contribution in [-0.4, -0.2) is 19.2 Å². The van der Waals surface area contributed by atoms with Gasteiger partial charge < -0.3 is 10.1 Å². The molecule has 0 unspecified atom stereocenters. The third-order valence-electron chi connectivity index (χ3n) is 3.78. The van der Waals surface area contributed by atoms with Crippen LogP contribution >= 0.6 is 0 Å². The Morgan fingerprint density at radius 2 is 1.19 bits per heavy atom. The lowest BCUT2D eigenvalue weighted by molar-refractivity contribution is 0.143. The standard InChI is InChI=1S/C18H37NO2/c1-3-5-7-9-10-11-13-15-17-21-18(20)19-16-14-12-8-6-4-2/h3-17H2,1-2H3,(H,19,20). The van der Waals surface area contributed by atoms with E-state index in [1.807, 2.05) is 0 Å². The molecule has 0 aliphatic rings. The van der Waals surface area contributed by atoms with Crippen LogP contribution in [0.2, 0.25) is 0 Å². The van der Waals surface area contributed by atoms with E-state index in [0.29, 0.717) is 6.61 Å². The van der Waals surface area contributed by atoms with Crippen LogP contribution in [0.15, 0.2) is 0 Å². The maximum absolute atomic E-state index is 11.4. The van der Waals surface area contributed by atoms with Crippen LogP contribution in [0.1, 0.15) is 97.3 Å². The summed E-state index contributed by atoms with van der Waals surface area (Å²) >= 11 is 0. The Morgan fingerprint density at radius 3 is 1.76 bits per heavy atom. The third-order valence-corrected chi connectivity index (χ3v) is 3.78. The lowest BCUT2D eigenvalue weighted by Crippen LogP contribution is -2.25. The maximum Gasteiger partial charge on any atom is 0.407 e. The molecule has 126 valence electrons. The van der Waals surface area contributed by atoms with Gasteiger partial charge in [0.25, 0.3) is 0 Å². The molecule has 0 saturated heterocycles. The zero-order valence-electron chi connectivity index (χ0n) is 14.4. The van der Waals surface area contributed by atoms with Gasteiger partial charge in [0.2, 0.25) is 0 Å². The molecule has 0 bridgehead atoms. The monoisotopic (exact) mass is 299 g/mol. The van der Waals surface area contributed by atoms with Crippen LogP contribution < -0.4 is 5.32 Å². The maximum atomic E-state index is 11.4. The Bertz CT molecular complexity index is 219. The van der Waals surface area contributed by atoms with Crippen LogP contribution in [0.3, 0.4) is 0 Å². The van der Waals surface area contributed by atoms with Gasteiger partial charge in [-0.1, -0.05) is 84.5 Å². The molecular weight excluding hydrogens is 262 g/mol. The average Bonchev–Trinajstić information content (AvgIpc) is 2.49. The van der Waals surface area contributed by atoms with Gasteiger partial charge in [-0.25, -0.2) is 4.79 Å². The normalized spacial score (nSPS) is 10.6. The van der Waals surface area contributed by atoms with Gasteiger partial charge in [-0.2, -0.15) is 0 Å². The van der Waals surface area contributed by atoms with Crippen molar-refractivity contribution < 1.29 is 9.53 Å². The van der Waals surface area contributed by atoms with Crippen molar-refractivity contribution in [2.45, 2.75) is 97.3 Å². The minimum atomic E-state index is -0.242. The average molecular weight is 299 g/mol. The van der Waals surface area contributed by atoms with Crippen molar-refractivity contribution >= 4 is 6.09 Å². The second-order valence-electron chi connectivity index (χ2n) is 5.95. The highest BCUT2D eigenvalue weighted by Crippen LogP contribution is 2.08. The summed E-state index contributed by atoms with van der Waals surface area (Å²) in [4.78, 5) is 11.4. The third kappa shape index (κ3) is 17.2. The highest BCUT2D eigenvalue weighted by molar-refractivity contribution is 5.66. The van der Waals surface area contributed by atoms with Crippen molar-refractivity contribution in [3.05, 3.63) is 0 Å². The molecular formula is C18H37NO2. The van der Waals surface area contributed by atoms with Crippen LogP contribution in [-0.2, 0) is 4.74 Å². The van der Waals surface area contributed by atoms with Crippen molar-refractivity contribution in [3.8, 4) is 0 Å².